The van der Waals surface area contributed by atoms with E-state index in [1.807, 2.05) is 0 Å². The van der Waals surface area contributed by atoms with Gasteiger partial charge in [0.1, 0.15) is 22.2 Å². The molecule has 0 spiro atoms. The van der Waals surface area contributed by atoms with Crippen LogP contribution in [0.5, 0.6) is 11.5 Å². The summed E-state index contributed by atoms with van der Waals surface area (Å²) in [7, 11) is 0. The molecule has 2 aromatic carbocycles. The van der Waals surface area contributed by atoms with Crippen LogP contribution < -0.4 is 20.4 Å². The van der Waals surface area contributed by atoms with Gasteiger partial charge in [-0.3, -0.25) is 10.1 Å². The highest BCUT2D eigenvalue weighted by Gasteiger charge is 2.16. The number of thiazole rings is 1. The highest BCUT2D eigenvalue weighted by atomic mass is 32.1. The minimum Gasteiger partial charge on any atom is -0.454 e. The average Bonchev–Trinajstić information content (AvgIpc) is 3.48. The molecule has 1 aliphatic rings. The Balaban J connectivity index is 1.45. The number of non-ortho nitro benzene ring substituents is 1. The van der Waals surface area contributed by atoms with Gasteiger partial charge in [0.05, 0.1) is 16.2 Å². The molecule has 3 heterocycles. The number of nitro groups is 1. The van der Waals surface area contributed by atoms with Gasteiger partial charge in [-0.25, -0.2) is 9.78 Å². The average molecular weight is 460 g/mol. The molecule has 0 saturated carbocycles. The third kappa shape index (κ3) is 3.86. The second-order valence-corrected chi connectivity index (χ2v) is 7.70. The summed E-state index contributed by atoms with van der Waals surface area (Å²) in [5, 5.41) is 26.1. The molecule has 0 radical (unpaired) electrons. The molecule has 0 saturated heterocycles. The first-order valence-corrected chi connectivity index (χ1v) is 10.3. The topological polar surface area (TPSA) is 141 Å². The van der Waals surface area contributed by atoms with Gasteiger partial charge in [0.15, 0.2) is 11.5 Å². The molecule has 1 aliphatic heterocycles. The molecule has 10 nitrogen and oxygen atoms in total. The molecule has 1 N–H and O–H groups in total. The van der Waals surface area contributed by atoms with Gasteiger partial charge in [-0.15, -0.1) is 11.3 Å². The maximum atomic E-state index is 12.5. The summed E-state index contributed by atoms with van der Waals surface area (Å²) in [6.07, 6.45) is 1.51. The standard InChI is InChI=1S/C22H12N4O6S/c23-8-13(9-24-14-1-3-19-20(7-14)31-11-30-19)21-25-17(10-33-21)16-6-12-5-15(26(28)29)2-4-18(12)32-22(16)27/h1-7,9-10,24H,11H2. The minimum atomic E-state index is -0.630. The zero-order chi connectivity index (χ0) is 22.9. The normalized spacial score (nSPS) is 12.5. The van der Waals surface area contributed by atoms with E-state index < -0.39 is 10.5 Å². The first kappa shape index (κ1) is 20.2. The SMILES string of the molecule is N#CC(=CNc1ccc2c(c1)OCO2)c1nc(-c2cc3cc([N+](=O)[O-])ccc3oc2=O)cs1. The smallest absolute Gasteiger partial charge is 0.345 e. The molecule has 0 atom stereocenters. The van der Waals surface area contributed by atoms with Crippen molar-refractivity contribution < 1.29 is 18.8 Å². The summed E-state index contributed by atoms with van der Waals surface area (Å²) in [6.45, 7) is 0.163. The number of aromatic nitrogens is 1. The molecular weight excluding hydrogens is 448 g/mol. The van der Waals surface area contributed by atoms with Gasteiger partial charge in [-0.05, 0) is 24.3 Å². The Hall–Kier alpha value is -4.69. The fourth-order valence-electron chi connectivity index (χ4n) is 3.21. The number of fused-ring (bicyclic) bond motifs is 2. The van der Waals surface area contributed by atoms with Crippen LogP contribution in [0.25, 0.3) is 27.8 Å². The molecule has 0 unspecified atom stereocenters. The van der Waals surface area contributed by atoms with Gasteiger partial charge < -0.3 is 19.2 Å². The molecule has 5 rings (SSSR count). The van der Waals surface area contributed by atoms with E-state index in [1.165, 1.54) is 41.8 Å². The third-order valence-corrected chi connectivity index (χ3v) is 5.69. The van der Waals surface area contributed by atoms with E-state index in [2.05, 4.69) is 16.4 Å². The fraction of sp³-hybridized carbons (Fsp3) is 0.0455. The molecule has 162 valence electrons. The van der Waals surface area contributed by atoms with Crippen LogP contribution in [0.1, 0.15) is 5.01 Å². The van der Waals surface area contributed by atoms with Crippen LogP contribution in [0.2, 0.25) is 0 Å². The lowest BCUT2D eigenvalue weighted by atomic mass is 10.1. The number of allylic oxidation sites excluding steroid dienone is 1. The molecule has 0 fully saturated rings. The second kappa shape index (κ2) is 8.10. The molecule has 11 heteroatoms. The van der Waals surface area contributed by atoms with Crippen molar-refractivity contribution in [3.63, 3.8) is 0 Å². The maximum absolute atomic E-state index is 12.5. The molecule has 0 aliphatic carbocycles. The number of anilines is 1. The van der Waals surface area contributed by atoms with Crippen molar-refractivity contribution in [2.24, 2.45) is 0 Å². The Kier molecular flexibility index (Phi) is 4.96. The molecule has 0 amide bonds. The van der Waals surface area contributed by atoms with E-state index in [9.17, 15) is 20.2 Å². The lowest BCUT2D eigenvalue weighted by Crippen LogP contribution is -2.03. The summed E-state index contributed by atoms with van der Waals surface area (Å²) < 4.78 is 15.9. The predicted octanol–water partition coefficient (Wildman–Crippen LogP) is 4.53. The lowest BCUT2D eigenvalue weighted by Gasteiger charge is -2.03. The summed E-state index contributed by atoms with van der Waals surface area (Å²) in [6, 6.07) is 12.8. The van der Waals surface area contributed by atoms with Gasteiger partial charge >= 0.3 is 5.63 Å². The fourth-order valence-corrected chi connectivity index (χ4v) is 3.99. The summed E-state index contributed by atoms with van der Waals surface area (Å²) >= 11 is 1.18. The maximum Gasteiger partial charge on any atom is 0.345 e. The van der Waals surface area contributed by atoms with Crippen molar-refractivity contribution in [1.82, 2.24) is 4.98 Å². The first-order chi connectivity index (χ1) is 16.0. The second-order valence-electron chi connectivity index (χ2n) is 6.85. The van der Waals surface area contributed by atoms with E-state index in [1.54, 1.807) is 23.6 Å². The lowest BCUT2D eigenvalue weighted by molar-refractivity contribution is -0.384. The molecule has 33 heavy (non-hydrogen) atoms. The number of nitro benzene ring substituents is 1. The predicted molar refractivity (Wildman–Crippen MR) is 120 cm³/mol. The van der Waals surface area contributed by atoms with Crippen LogP contribution in [0.4, 0.5) is 11.4 Å². The summed E-state index contributed by atoms with van der Waals surface area (Å²) in [5.74, 6) is 1.25. The largest absolute Gasteiger partial charge is 0.454 e. The Morgan fingerprint density at radius 1 is 1.21 bits per heavy atom. The summed E-state index contributed by atoms with van der Waals surface area (Å²) in [5.41, 5.74) is 0.883. The van der Waals surface area contributed by atoms with Crippen LogP contribution in [-0.2, 0) is 0 Å². The van der Waals surface area contributed by atoms with E-state index in [0.717, 1.165) is 0 Å². The van der Waals surface area contributed by atoms with Crippen molar-refractivity contribution in [1.29, 1.82) is 5.26 Å². The van der Waals surface area contributed by atoms with Crippen LogP contribution >= 0.6 is 11.3 Å². The van der Waals surface area contributed by atoms with Crippen molar-refractivity contribution in [2.75, 3.05) is 12.1 Å². The van der Waals surface area contributed by atoms with Crippen LogP contribution in [0.15, 0.2) is 63.3 Å². The number of nitriles is 1. The highest BCUT2D eigenvalue weighted by Crippen LogP contribution is 2.34. The molecular formula is C22H12N4O6S. The molecule has 0 bridgehead atoms. The minimum absolute atomic E-state index is 0.120. The van der Waals surface area contributed by atoms with E-state index >= 15 is 0 Å². The Bertz CT molecular complexity index is 1550. The van der Waals surface area contributed by atoms with Crippen molar-refractivity contribution >= 4 is 39.3 Å². The van der Waals surface area contributed by atoms with Gasteiger partial charge in [-0.1, -0.05) is 0 Å². The van der Waals surface area contributed by atoms with Gasteiger partial charge in [0, 0.05) is 40.9 Å². The van der Waals surface area contributed by atoms with E-state index in [0.29, 0.717) is 33.3 Å². The monoisotopic (exact) mass is 460 g/mol. The molecule has 2 aromatic heterocycles. The Labute approximate surface area is 189 Å². The van der Waals surface area contributed by atoms with Crippen molar-refractivity contribution in [2.45, 2.75) is 0 Å². The summed E-state index contributed by atoms with van der Waals surface area (Å²) in [4.78, 5) is 27.4. The van der Waals surface area contributed by atoms with Gasteiger partial charge in [-0.2, -0.15) is 5.26 Å². The number of rotatable bonds is 5. The van der Waals surface area contributed by atoms with Gasteiger partial charge in [0.25, 0.3) is 5.69 Å². The van der Waals surface area contributed by atoms with Crippen LogP contribution in [0, 0.1) is 21.4 Å². The Morgan fingerprint density at radius 2 is 2.06 bits per heavy atom. The number of benzene rings is 2. The number of nitrogens with zero attached hydrogens (tertiary/aromatic N) is 3. The quantitative estimate of drug-likeness (QED) is 0.197. The van der Waals surface area contributed by atoms with Crippen LogP contribution in [0.3, 0.4) is 0 Å². The van der Waals surface area contributed by atoms with E-state index in [4.69, 9.17) is 13.9 Å². The van der Waals surface area contributed by atoms with Crippen molar-refractivity contribution in [3.8, 4) is 28.8 Å². The van der Waals surface area contributed by atoms with E-state index in [-0.39, 0.29) is 29.2 Å². The number of ether oxygens (including phenoxy) is 2. The first-order valence-electron chi connectivity index (χ1n) is 9.47. The molecule has 4 aromatic rings. The van der Waals surface area contributed by atoms with Crippen molar-refractivity contribution in [3.05, 3.63) is 79.6 Å². The zero-order valence-corrected chi connectivity index (χ0v) is 17.4. The number of hydrogen-bond donors (Lipinski definition) is 1. The highest BCUT2D eigenvalue weighted by molar-refractivity contribution is 7.11. The zero-order valence-electron chi connectivity index (χ0n) is 16.6. The van der Waals surface area contributed by atoms with Gasteiger partial charge in [0.2, 0.25) is 6.79 Å². The Morgan fingerprint density at radius 3 is 2.88 bits per heavy atom. The van der Waals surface area contributed by atoms with Crippen LogP contribution in [-0.4, -0.2) is 16.7 Å². The number of hydrogen-bond acceptors (Lipinski definition) is 10. The number of nitrogens with one attached hydrogen (secondary N) is 1. The third-order valence-electron chi connectivity index (χ3n) is 4.81.